The maximum absolute atomic E-state index is 12.8. The summed E-state index contributed by atoms with van der Waals surface area (Å²) < 4.78 is 21.7. The van der Waals surface area contributed by atoms with E-state index in [0.717, 1.165) is 0 Å². The molecule has 1 aromatic carbocycles. The van der Waals surface area contributed by atoms with E-state index in [1.807, 2.05) is 0 Å². The molecule has 0 spiro atoms. The molecule has 1 heterocycles. The number of rotatable bonds is 2. The number of carboxylic acid groups (broad SMARTS) is 1. The second-order valence-electron chi connectivity index (χ2n) is 5.59. The lowest BCUT2D eigenvalue weighted by Crippen LogP contribution is -2.37. The van der Waals surface area contributed by atoms with E-state index in [-0.39, 0.29) is 17.0 Å². The molecule has 1 aliphatic rings. The first-order valence-electron chi connectivity index (χ1n) is 8.62. The second kappa shape index (κ2) is 11.6. The van der Waals surface area contributed by atoms with Crippen LogP contribution in [0.5, 0.6) is 0 Å². The van der Waals surface area contributed by atoms with Crippen LogP contribution in [-0.4, -0.2) is 87.8 Å². The zero-order valence-corrected chi connectivity index (χ0v) is 14.7. The number of carbonyl (C=O) groups excluding carboxylic acids is 1. The molecule has 1 aromatic rings. The molecule has 0 aliphatic carbocycles. The average Bonchev–Trinajstić information content (AvgIpc) is 2.66. The van der Waals surface area contributed by atoms with Crippen molar-refractivity contribution in [2.24, 2.45) is 0 Å². The van der Waals surface area contributed by atoms with E-state index >= 15 is 0 Å². The Morgan fingerprint density at radius 1 is 0.731 bits per heavy atom. The molecule has 1 amide bonds. The molecule has 0 aromatic heterocycles. The first-order chi connectivity index (χ1) is 12.7. The van der Waals surface area contributed by atoms with Crippen molar-refractivity contribution >= 4 is 11.9 Å². The minimum Gasteiger partial charge on any atom is -0.478 e. The van der Waals surface area contributed by atoms with E-state index in [4.69, 9.17) is 18.9 Å². The van der Waals surface area contributed by atoms with Crippen molar-refractivity contribution in [2.45, 2.75) is 0 Å². The van der Waals surface area contributed by atoms with Crippen molar-refractivity contribution in [3.05, 3.63) is 35.4 Å². The van der Waals surface area contributed by atoms with E-state index in [1.165, 1.54) is 12.1 Å². The fraction of sp³-hybridized carbons (Fsp3) is 0.556. The average molecular weight is 367 g/mol. The Morgan fingerprint density at radius 3 is 1.62 bits per heavy atom. The Kier molecular flexibility index (Phi) is 9.05. The van der Waals surface area contributed by atoms with Crippen LogP contribution in [0, 0.1) is 0 Å². The van der Waals surface area contributed by atoms with Gasteiger partial charge in [-0.05, 0) is 12.1 Å². The van der Waals surface area contributed by atoms with E-state index < -0.39 is 5.97 Å². The summed E-state index contributed by atoms with van der Waals surface area (Å²) in [5, 5.41) is 9.30. The Bertz CT molecular complexity index is 562. The summed E-state index contributed by atoms with van der Waals surface area (Å²) in [5.41, 5.74) is 0.140. The van der Waals surface area contributed by atoms with Crippen LogP contribution >= 0.6 is 0 Å². The molecule has 1 saturated heterocycles. The van der Waals surface area contributed by atoms with Gasteiger partial charge < -0.3 is 29.0 Å². The van der Waals surface area contributed by atoms with Crippen LogP contribution in [0.2, 0.25) is 0 Å². The summed E-state index contributed by atoms with van der Waals surface area (Å²) in [7, 11) is 0. The van der Waals surface area contributed by atoms with Crippen LogP contribution in [0.3, 0.4) is 0 Å². The third-order valence-corrected chi connectivity index (χ3v) is 3.80. The third kappa shape index (κ3) is 6.72. The lowest BCUT2D eigenvalue weighted by Gasteiger charge is -2.23. The molecule has 0 saturated carbocycles. The van der Waals surface area contributed by atoms with Crippen LogP contribution in [-0.2, 0) is 18.9 Å². The molecule has 144 valence electrons. The quantitative estimate of drug-likeness (QED) is 0.830. The van der Waals surface area contributed by atoms with Crippen molar-refractivity contribution < 1.29 is 33.6 Å². The van der Waals surface area contributed by atoms with Crippen molar-refractivity contribution in [3.63, 3.8) is 0 Å². The number of hydrogen-bond acceptors (Lipinski definition) is 6. The SMILES string of the molecule is O=C(O)c1ccccc1C(=O)N1CCOCCOCCOCCOCC1. The molecule has 0 unspecified atom stereocenters. The van der Waals surface area contributed by atoms with Gasteiger partial charge in [-0.1, -0.05) is 12.1 Å². The third-order valence-electron chi connectivity index (χ3n) is 3.80. The number of hydrogen-bond donors (Lipinski definition) is 1. The molecule has 26 heavy (non-hydrogen) atoms. The van der Waals surface area contributed by atoms with Gasteiger partial charge in [-0.15, -0.1) is 0 Å². The minimum atomic E-state index is -1.13. The van der Waals surface area contributed by atoms with E-state index in [2.05, 4.69) is 0 Å². The number of amides is 1. The number of carboxylic acids is 1. The Balaban J connectivity index is 2.02. The predicted octanol–water partition coefficient (Wildman–Crippen LogP) is 0.907. The molecule has 8 heteroatoms. The van der Waals surface area contributed by atoms with Gasteiger partial charge in [-0.2, -0.15) is 0 Å². The molecule has 0 atom stereocenters. The van der Waals surface area contributed by atoms with Crippen molar-refractivity contribution in [1.82, 2.24) is 4.90 Å². The zero-order valence-electron chi connectivity index (χ0n) is 14.7. The lowest BCUT2D eigenvalue weighted by atomic mass is 10.1. The van der Waals surface area contributed by atoms with E-state index in [9.17, 15) is 14.7 Å². The predicted molar refractivity (Wildman–Crippen MR) is 92.6 cm³/mol. The summed E-state index contributed by atoms with van der Waals surface area (Å²) in [5.74, 6) is -1.49. The van der Waals surface area contributed by atoms with Gasteiger partial charge in [0, 0.05) is 13.1 Å². The van der Waals surface area contributed by atoms with Gasteiger partial charge in [0.15, 0.2) is 0 Å². The fourth-order valence-electron chi connectivity index (χ4n) is 2.45. The fourth-order valence-corrected chi connectivity index (χ4v) is 2.45. The number of aromatic carboxylic acids is 1. The Hall–Kier alpha value is -2.00. The molecule has 1 fully saturated rings. The van der Waals surface area contributed by atoms with Gasteiger partial charge in [0.2, 0.25) is 0 Å². The first-order valence-corrected chi connectivity index (χ1v) is 8.62. The molecule has 0 bridgehead atoms. The van der Waals surface area contributed by atoms with Crippen LogP contribution in [0.4, 0.5) is 0 Å². The monoisotopic (exact) mass is 367 g/mol. The van der Waals surface area contributed by atoms with Gasteiger partial charge in [0.1, 0.15) is 0 Å². The maximum Gasteiger partial charge on any atom is 0.336 e. The van der Waals surface area contributed by atoms with Crippen molar-refractivity contribution in [1.29, 1.82) is 0 Å². The summed E-state index contributed by atoms with van der Waals surface area (Å²) in [6.07, 6.45) is 0. The van der Waals surface area contributed by atoms with Gasteiger partial charge in [-0.3, -0.25) is 4.79 Å². The maximum atomic E-state index is 12.8. The number of ether oxygens (including phenoxy) is 4. The van der Waals surface area contributed by atoms with E-state index in [1.54, 1.807) is 17.0 Å². The molecular formula is C18H25NO7. The van der Waals surface area contributed by atoms with E-state index in [0.29, 0.717) is 65.9 Å². The molecule has 0 radical (unpaired) electrons. The van der Waals surface area contributed by atoms with Gasteiger partial charge in [0.25, 0.3) is 5.91 Å². The lowest BCUT2D eigenvalue weighted by molar-refractivity contribution is 0.00206. The smallest absolute Gasteiger partial charge is 0.336 e. The van der Waals surface area contributed by atoms with Gasteiger partial charge in [-0.25, -0.2) is 4.79 Å². The molecule has 8 nitrogen and oxygen atoms in total. The Morgan fingerprint density at radius 2 is 1.15 bits per heavy atom. The standard InChI is InChI=1S/C18H25NO7/c20-17(15-3-1-2-4-16(15)18(21)22)19-5-7-23-9-11-25-13-14-26-12-10-24-8-6-19/h1-4H,5-14H2,(H,21,22). The summed E-state index contributed by atoms with van der Waals surface area (Å²) in [4.78, 5) is 25.7. The topological polar surface area (TPSA) is 94.5 Å². The molecule has 1 aliphatic heterocycles. The summed E-state index contributed by atoms with van der Waals surface area (Å²) in [6, 6.07) is 6.18. The van der Waals surface area contributed by atoms with Gasteiger partial charge in [0.05, 0.1) is 64.0 Å². The number of carbonyl (C=O) groups is 2. The molecular weight excluding hydrogens is 342 g/mol. The van der Waals surface area contributed by atoms with Crippen LogP contribution < -0.4 is 0 Å². The highest BCUT2D eigenvalue weighted by atomic mass is 16.6. The zero-order chi connectivity index (χ0) is 18.6. The van der Waals surface area contributed by atoms with Crippen molar-refractivity contribution in [3.8, 4) is 0 Å². The van der Waals surface area contributed by atoms with Crippen LogP contribution in [0.25, 0.3) is 0 Å². The number of nitrogens with zero attached hydrogens (tertiary/aromatic N) is 1. The largest absolute Gasteiger partial charge is 0.478 e. The molecule has 2 rings (SSSR count). The first kappa shape index (κ1) is 20.3. The highest BCUT2D eigenvalue weighted by molar-refractivity contribution is 6.04. The van der Waals surface area contributed by atoms with Crippen LogP contribution in [0.15, 0.2) is 24.3 Å². The minimum absolute atomic E-state index is 0.0166. The number of benzene rings is 1. The van der Waals surface area contributed by atoms with Gasteiger partial charge >= 0.3 is 5.97 Å². The second-order valence-corrected chi connectivity index (χ2v) is 5.59. The summed E-state index contributed by atoms with van der Waals surface area (Å²) >= 11 is 0. The highest BCUT2D eigenvalue weighted by Crippen LogP contribution is 2.12. The van der Waals surface area contributed by atoms with Crippen molar-refractivity contribution in [2.75, 3.05) is 65.9 Å². The molecule has 1 N–H and O–H groups in total. The normalized spacial score (nSPS) is 18.5. The van der Waals surface area contributed by atoms with Crippen LogP contribution in [0.1, 0.15) is 20.7 Å². The highest BCUT2D eigenvalue weighted by Gasteiger charge is 2.21. The summed E-state index contributed by atoms with van der Waals surface area (Å²) in [6.45, 7) is 4.10. The Labute approximate surface area is 152 Å².